The molecular weight excluding hydrogens is 177 g/mol. The first-order valence-corrected chi connectivity index (χ1v) is 4.48. The van der Waals surface area contributed by atoms with Crippen molar-refractivity contribution in [3.63, 3.8) is 0 Å². The van der Waals surface area contributed by atoms with E-state index in [1.54, 1.807) is 36.5 Å². The lowest BCUT2D eigenvalue weighted by Gasteiger charge is -2.06. The van der Waals surface area contributed by atoms with Crippen molar-refractivity contribution >= 4 is 0 Å². The fourth-order valence-corrected chi connectivity index (χ4v) is 1.32. The molecule has 1 nitrogen and oxygen atoms in total. The number of nitrogens with zero attached hydrogens (tertiary/aromatic N) is 1. The molecule has 2 rings (SSSR count). The van der Waals surface area contributed by atoms with Gasteiger partial charge in [-0.25, -0.2) is 4.39 Å². The largest absolute Gasteiger partial charge is 0.258 e. The molecule has 0 aliphatic rings. The highest BCUT2D eigenvalue weighted by atomic mass is 19.1. The zero-order chi connectivity index (χ0) is 9.80. The van der Waals surface area contributed by atoms with Gasteiger partial charge in [-0.2, -0.15) is 0 Å². The normalized spacial score (nSPS) is 12.4. The number of aromatic nitrogens is 1. The first-order valence-electron chi connectivity index (χ1n) is 4.48. The van der Waals surface area contributed by atoms with Gasteiger partial charge in [0.15, 0.2) is 6.17 Å². The number of pyridine rings is 1. The molecule has 1 heterocycles. The quantitative estimate of drug-likeness (QED) is 0.703. The number of rotatable bonds is 2. The summed E-state index contributed by atoms with van der Waals surface area (Å²) in [6.07, 6.45) is 0.475. The van der Waals surface area contributed by atoms with E-state index in [1.165, 1.54) is 0 Å². The summed E-state index contributed by atoms with van der Waals surface area (Å²) in [6, 6.07) is 14.3. The summed E-state index contributed by atoms with van der Waals surface area (Å²) in [5.74, 6) is 0. The zero-order valence-electron chi connectivity index (χ0n) is 7.60. The van der Waals surface area contributed by atoms with Gasteiger partial charge in [0.1, 0.15) is 0 Å². The van der Waals surface area contributed by atoms with Crippen molar-refractivity contribution in [1.29, 1.82) is 0 Å². The van der Waals surface area contributed by atoms with Gasteiger partial charge in [0.2, 0.25) is 0 Å². The van der Waals surface area contributed by atoms with Crippen molar-refractivity contribution in [2.75, 3.05) is 0 Å². The third kappa shape index (κ3) is 1.79. The minimum absolute atomic E-state index is 0.457. The molecule has 1 atom stereocenters. The SMILES string of the molecule is F[C@H](c1ccccc1)c1ccccn1. The minimum atomic E-state index is -1.13. The van der Waals surface area contributed by atoms with Gasteiger partial charge in [-0.3, -0.25) is 4.98 Å². The van der Waals surface area contributed by atoms with Gasteiger partial charge in [0, 0.05) is 6.20 Å². The van der Waals surface area contributed by atoms with E-state index in [4.69, 9.17) is 0 Å². The minimum Gasteiger partial charge on any atom is -0.258 e. The number of halogens is 1. The zero-order valence-corrected chi connectivity index (χ0v) is 7.60. The third-order valence-corrected chi connectivity index (χ3v) is 2.04. The van der Waals surface area contributed by atoms with E-state index in [0.29, 0.717) is 11.3 Å². The summed E-state index contributed by atoms with van der Waals surface area (Å²) in [5.41, 5.74) is 1.10. The average molecular weight is 187 g/mol. The van der Waals surface area contributed by atoms with Gasteiger partial charge in [-0.15, -0.1) is 0 Å². The van der Waals surface area contributed by atoms with Crippen molar-refractivity contribution in [2.45, 2.75) is 6.17 Å². The maximum Gasteiger partial charge on any atom is 0.167 e. The third-order valence-electron chi connectivity index (χ3n) is 2.04. The second-order valence-electron chi connectivity index (χ2n) is 3.03. The van der Waals surface area contributed by atoms with Crippen LogP contribution in [0.3, 0.4) is 0 Å². The Morgan fingerprint density at radius 3 is 2.29 bits per heavy atom. The van der Waals surface area contributed by atoms with Crippen LogP contribution in [0, 0.1) is 0 Å². The Morgan fingerprint density at radius 2 is 1.64 bits per heavy atom. The summed E-state index contributed by atoms with van der Waals surface area (Å²) in [6.45, 7) is 0. The molecule has 1 aromatic heterocycles. The molecule has 0 saturated heterocycles. The molecule has 0 fully saturated rings. The van der Waals surface area contributed by atoms with Crippen LogP contribution >= 0.6 is 0 Å². The molecule has 0 saturated carbocycles. The molecule has 0 spiro atoms. The summed E-state index contributed by atoms with van der Waals surface area (Å²) in [5, 5.41) is 0. The predicted octanol–water partition coefficient (Wildman–Crippen LogP) is 3.14. The van der Waals surface area contributed by atoms with Crippen molar-refractivity contribution in [1.82, 2.24) is 4.98 Å². The Labute approximate surface area is 82.2 Å². The molecule has 2 heteroatoms. The van der Waals surface area contributed by atoms with Gasteiger partial charge in [-0.1, -0.05) is 36.4 Å². The molecule has 0 bridgehead atoms. The monoisotopic (exact) mass is 187 g/mol. The summed E-state index contributed by atoms with van der Waals surface area (Å²) in [4.78, 5) is 3.98. The fourth-order valence-electron chi connectivity index (χ4n) is 1.32. The number of benzene rings is 1. The number of hydrogen-bond donors (Lipinski definition) is 0. The highest BCUT2D eigenvalue weighted by Crippen LogP contribution is 2.23. The van der Waals surface area contributed by atoms with E-state index in [0.717, 1.165) is 0 Å². The number of hydrogen-bond acceptors (Lipinski definition) is 1. The van der Waals surface area contributed by atoms with E-state index in [-0.39, 0.29) is 0 Å². The average Bonchev–Trinajstić information content (AvgIpc) is 2.30. The van der Waals surface area contributed by atoms with Crippen LogP contribution in [-0.2, 0) is 0 Å². The van der Waals surface area contributed by atoms with E-state index in [9.17, 15) is 4.39 Å². The maximum atomic E-state index is 13.8. The maximum absolute atomic E-state index is 13.8. The van der Waals surface area contributed by atoms with Gasteiger partial charge in [-0.05, 0) is 17.7 Å². The smallest absolute Gasteiger partial charge is 0.167 e. The molecule has 2 aromatic rings. The Kier molecular flexibility index (Phi) is 2.54. The molecule has 0 N–H and O–H groups in total. The van der Waals surface area contributed by atoms with Crippen LogP contribution in [0.2, 0.25) is 0 Å². The van der Waals surface area contributed by atoms with Crippen molar-refractivity contribution < 1.29 is 4.39 Å². The van der Waals surface area contributed by atoms with Crippen LogP contribution in [0.15, 0.2) is 54.7 Å². The standard InChI is InChI=1S/C12H10FN/c13-12(10-6-2-1-3-7-10)11-8-4-5-9-14-11/h1-9,12H/t12-/m1/s1. The Morgan fingerprint density at radius 1 is 0.929 bits per heavy atom. The van der Waals surface area contributed by atoms with Crippen molar-refractivity contribution in [3.05, 3.63) is 66.0 Å². The van der Waals surface area contributed by atoms with Crippen molar-refractivity contribution in [2.24, 2.45) is 0 Å². The lowest BCUT2D eigenvalue weighted by molar-refractivity contribution is 0.393. The van der Waals surface area contributed by atoms with E-state index >= 15 is 0 Å². The molecule has 70 valence electrons. The van der Waals surface area contributed by atoms with Gasteiger partial charge < -0.3 is 0 Å². The van der Waals surface area contributed by atoms with Crippen LogP contribution in [0.1, 0.15) is 17.4 Å². The predicted molar refractivity (Wildman–Crippen MR) is 53.6 cm³/mol. The van der Waals surface area contributed by atoms with E-state index in [1.807, 2.05) is 18.2 Å². The molecule has 0 aliphatic heterocycles. The second-order valence-corrected chi connectivity index (χ2v) is 3.03. The summed E-state index contributed by atoms with van der Waals surface area (Å²) in [7, 11) is 0. The van der Waals surface area contributed by atoms with Crippen LogP contribution in [0.5, 0.6) is 0 Å². The molecule has 0 aliphatic carbocycles. The Balaban J connectivity index is 2.30. The molecular formula is C12H10FN. The fraction of sp³-hybridized carbons (Fsp3) is 0.0833. The van der Waals surface area contributed by atoms with Crippen LogP contribution in [0.4, 0.5) is 4.39 Å². The summed E-state index contributed by atoms with van der Waals surface area (Å²) >= 11 is 0. The first-order chi connectivity index (χ1) is 6.88. The van der Waals surface area contributed by atoms with Crippen molar-refractivity contribution in [3.8, 4) is 0 Å². The van der Waals surface area contributed by atoms with E-state index in [2.05, 4.69) is 4.98 Å². The second kappa shape index (κ2) is 4.01. The Hall–Kier alpha value is -1.70. The van der Waals surface area contributed by atoms with Gasteiger partial charge in [0.25, 0.3) is 0 Å². The van der Waals surface area contributed by atoms with Gasteiger partial charge in [0.05, 0.1) is 5.69 Å². The number of alkyl halides is 1. The highest BCUT2D eigenvalue weighted by Gasteiger charge is 2.12. The highest BCUT2D eigenvalue weighted by molar-refractivity contribution is 5.25. The molecule has 1 aromatic carbocycles. The van der Waals surface area contributed by atoms with Crippen LogP contribution in [-0.4, -0.2) is 4.98 Å². The topological polar surface area (TPSA) is 12.9 Å². The Bertz CT molecular complexity index is 346. The van der Waals surface area contributed by atoms with Gasteiger partial charge >= 0.3 is 0 Å². The van der Waals surface area contributed by atoms with Crippen LogP contribution < -0.4 is 0 Å². The molecule has 14 heavy (non-hydrogen) atoms. The molecule has 0 amide bonds. The lowest BCUT2D eigenvalue weighted by atomic mass is 10.1. The van der Waals surface area contributed by atoms with E-state index < -0.39 is 6.17 Å². The van der Waals surface area contributed by atoms with Crippen LogP contribution in [0.25, 0.3) is 0 Å². The summed E-state index contributed by atoms with van der Waals surface area (Å²) < 4.78 is 13.8. The lowest BCUT2D eigenvalue weighted by Crippen LogP contribution is -1.96. The first kappa shape index (κ1) is 8.88. The molecule has 0 radical (unpaired) electrons. The molecule has 0 unspecified atom stereocenters.